The summed E-state index contributed by atoms with van der Waals surface area (Å²) in [5.41, 5.74) is 13.9. The van der Waals surface area contributed by atoms with Crippen molar-refractivity contribution in [2.75, 3.05) is 7.05 Å². The van der Waals surface area contributed by atoms with Gasteiger partial charge in [0.2, 0.25) is 0 Å². The van der Waals surface area contributed by atoms with Gasteiger partial charge in [-0.1, -0.05) is 71.4 Å². The molecule has 7 rings (SSSR count). The molecular weight excluding hydrogens is 681 g/mol. The second kappa shape index (κ2) is 11.1. The molecule has 2 aliphatic rings. The first-order valence-corrected chi connectivity index (χ1v) is 13.6. The first kappa shape index (κ1) is 28.5. The maximum atomic E-state index is 4.65. The zero-order chi connectivity index (χ0) is 28.0. The normalized spacial score (nSPS) is 13.5. The van der Waals surface area contributed by atoms with Gasteiger partial charge in [-0.2, -0.15) is 6.07 Å². The van der Waals surface area contributed by atoms with Gasteiger partial charge in [0.1, 0.15) is 5.69 Å². The molecule has 3 heterocycles. The van der Waals surface area contributed by atoms with Gasteiger partial charge >= 0.3 is 6.01 Å². The Kier molecular flexibility index (Phi) is 7.72. The van der Waals surface area contributed by atoms with Crippen molar-refractivity contribution in [3.8, 4) is 22.4 Å². The minimum absolute atomic E-state index is 0. The molecule has 3 aromatic carbocycles. The van der Waals surface area contributed by atoms with Gasteiger partial charge in [0.25, 0.3) is 11.4 Å². The van der Waals surface area contributed by atoms with Crippen molar-refractivity contribution >= 4 is 23.1 Å². The Balaban J connectivity index is 0.000000182. The molecule has 205 valence electrons. The van der Waals surface area contributed by atoms with Crippen LogP contribution in [0.3, 0.4) is 0 Å². The van der Waals surface area contributed by atoms with Gasteiger partial charge in [0.15, 0.2) is 7.05 Å². The molecule has 0 amide bonds. The summed E-state index contributed by atoms with van der Waals surface area (Å²) in [5, 5.41) is 0. The molecular formula is C36H32IrN4. The molecule has 0 spiro atoms. The quantitative estimate of drug-likeness (QED) is 0.138. The van der Waals surface area contributed by atoms with Gasteiger partial charge in [0, 0.05) is 55.7 Å². The van der Waals surface area contributed by atoms with Crippen LogP contribution in [0.1, 0.15) is 41.8 Å². The Morgan fingerprint density at radius 1 is 0.805 bits per heavy atom. The van der Waals surface area contributed by atoms with Gasteiger partial charge < -0.3 is 4.98 Å². The molecule has 4 nitrogen and oxygen atoms in total. The van der Waals surface area contributed by atoms with Crippen molar-refractivity contribution < 1.29 is 24.7 Å². The third-order valence-electron chi connectivity index (χ3n) is 7.89. The number of pyridine rings is 2. The molecule has 0 bridgehead atoms. The average Bonchev–Trinajstić information content (AvgIpc) is 3.42. The second-order valence-electron chi connectivity index (χ2n) is 11.1. The number of rotatable bonds is 2. The van der Waals surface area contributed by atoms with Crippen LogP contribution in [0.4, 0.5) is 17.1 Å². The summed E-state index contributed by atoms with van der Waals surface area (Å²) < 4.78 is 4.11. The summed E-state index contributed by atoms with van der Waals surface area (Å²) in [4.78, 5) is 9.06. The van der Waals surface area contributed by atoms with E-state index in [0.717, 1.165) is 34.0 Å². The largest absolute Gasteiger partial charge is 0.494 e. The number of aryl methyl sites for hydroxylation is 3. The molecule has 0 saturated heterocycles. The summed E-state index contributed by atoms with van der Waals surface area (Å²) in [5.74, 6) is 0. The SMILES string of the molecule is C[N+]1=C=[N+](c2[c-]cc3c(c2)C(C)(C)c2ncccc2-3)c2ccccc21.Cc1c[c-]c(-c2cc(C)c(C)cn2)cc1.[Ir]. The van der Waals surface area contributed by atoms with Crippen LogP contribution in [-0.4, -0.2) is 27.6 Å². The number of fused-ring (bicyclic) bond motifs is 4. The Labute approximate surface area is 256 Å². The van der Waals surface area contributed by atoms with E-state index < -0.39 is 0 Å². The van der Waals surface area contributed by atoms with Crippen LogP contribution >= 0.6 is 0 Å². The van der Waals surface area contributed by atoms with E-state index in [-0.39, 0.29) is 25.5 Å². The fourth-order valence-corrected chi connectivity index (χ4v) is 5.41. The smallest absolute Gasteiger partial charge is 0.304 e. The molecule has 0 fully saturated rings. The van der Waals surface area contributed by atoms with Crippen molar-refractivity contribution in [3.63, 3.8) is 0 Å². The van der Waals surface area contributed by atoms with E-state index in [1.54, 1.807) is 0 Å². The Morgan fingerprint density at radius 3 is 2.32 bits per heavy atom. The Bertz CT molecular complexity index is 1840. The summed E-state index contributed by atoms with van der Waals surface area (Å²) in [6, 6.07) is 35.2. The zero-order valence-corrected chi connectivity index (χ0v) is 26.6. The van der Waals surface area contributed by atoms with E-state index in [0.29, 0.717) is 0 Å². The number of benzene rings is 3. The van der Waals surface area contributed by atoms with Crippen LogP contribution in [0.2, 0.25) is 0 Å². The van der Waals surface area contributed by atoms with Crippen molar-refractivity contribution in [1.29, 1.82) is 0 Å². The van der Waals surface area contributed by atoms with Crippen LogP contribution in [-0.2, 0) is 25.5 Å². The maximum Gasteiger partial charge on any atom is 0.494 e. The fourth-order valence-electron chi connectivity index (χ4n) is 5.41. The van der Waals surface area contributed by atoms with E-state index in [4.69, 9.17) is 0 Å². The van der Waals surface area contributed by atoms with Crippen molar-refractivity contribution in [2.45, 2.75) is 40.0 Å². The van der Waals surface area contributed by atoms with Crippen LogP contribution in [0.5, 0.6) is 0 Å². The van der Waals surface area contributed by atoms with Crippen LogP contribution < -0.4 is 4.58 Å². The maximum absolute atomic E-state index is 4.65. The first-order valence-electron chi connectivity index (χ1n) is 13.6. The minimum Gasteiger partial charge on any atom is -0.304 e. The molecule has 2 aromatic heterocycles. The number of para-hydroxylation sites is 2. The average molecular weight is 713 g/mol. The molecule has 5 aromatic rings. The van der Waals surface area contributed by atoms with Gasteiger partial charge in [0.05, 0.1) is 0 Å². The van der Waals surface area contributed by atoms with E-state index in [1.165, 1.54) is 33.4 Å². The molecule has 0 atom stereocenters. The Hall–Kier alpha value is -4.01. The van der Waals surface area contributed by atoms with E-state index >= 15 is 0 Å². The third-order valence-corrected chi connectivity index (χ3v) is 7.89. The second-order valence-corrected chi connectivity index (χ2v) is 11.1. The third kappa shape index (κ3) is 5.13. The van der Waals surface area contributed by atoms with Gasteiger partial charge in [-0.05, 0) is 31.2 Å². The monoisotopic (exact) mass is 713 g/mol. The number of nitrogens with zero attached hydrogens (tertiary/aromatic N) is 4. The molecule has 1 radical (unpaired) electrons. The molecule has 1 aliphatic heterocycles. The van der Waals surface area contributed by atoms with Crippen LogP contribution in [0, 0.1) is 32.9 Å². The van der Waals surface area contributed by atoms with Crippen LogP contribution in [0.25, 0.3) is 22.4 Å². The number of hydrogen-bond donors (Lipinski definition) is 0. The zero-order valence-electron chi connectivity index (χ0n) is 24.2. The molecule has 41 heavy (non-hydrogen) atoms. The molecule has 5 heteroatoms. The van der Waals surface area contributed by atoms with Gasteiger partial charge in [-0.3, -0.25) is 4.98 Å². The van der Waals surface area contributed by atoms with E-state index in [1.807, 2.05) is 36.1 Å². The van der Waals surface area contributed by atoms with E-state index in [9.17, 15) is 0 Å². The Morgan fingerprint density at radius 2 is 1.59 bits per heavy atom. The van der Waals surface area contributed by atoms with Gasteiger partial charge in [-0.15, -0.1) is 52.6 Å². The van der Waals surface area contributed by atoms with E-state index in [2.05, 4.69) is 128 Å². The van der Waals surface area contributed by atoms with Crippen molar-refractivity contribution in [1.82, 2.24) is 14.5 Å². The molecule has 1 aliphatic carbocycles. The van der Waals surface area contributed by atoms with Crippen molar-refractivity contribution in [3.05, 3.63) is 125 Å². The number of aromatic nitrogens is 2. The molecule has 0 saturated carbocycles. The summed E-state index contributed by atoms with van der Waals surface area (Å²) >= 11 is 0. The topological polar surface area (TPSA) is 31.8 Å². The predicted molar refractivity (Wildman–Crippen MR) is 162 cm³/mol. The first-order chi connectivity index (χ1) is 19.2. The predicted octanol–water partition coefficient (Wildman–Crippen LogP) is 7.96. The molecule has 0 N–H and O–H groups in total. The van der Waals surface area contributed by atoms with Crippen molar-refractivity contribution in [2.24, 2.45) is 0 Å². The molecule has 0 unspecified atom stereocenters. The minimum atomic E-state index is -0.110. The summed E-state index contributed by atoms with van der Waals surface area (Å²) in [7, 11) is 2.02. The van der Waals surface area contributed by atoms with Crippen LogP contribution in [0.15, 0.2) is 85.2 Å². The fraction of sp³-hybridized carbons (Fsp3) is 0.194. The van der Waals surface area contributed by atoms with Gasteiger partial charge in [-0.25, -0.2) is 0 Å². The summed E-state index contributed by atoms with van der Waals surface area (Å²) in [6.07, 6.45) is 3.79. The standard InChI is InChI=1S/C22H18N3.C14H14N.Ir/c1-22(2)18-13-15(10-11-16(18)17-7-6-12-23-21(17)22)25-14-24(3)19-8-4-5-9-20(19)25;1-10-4-6-13(7-5-10)14-8-11(2)12(3)9-15-14;/h4-9,11-13H,1-3H3;4-6,8-9H,1-3H3;/q+1;-1;. The summed E-state index contributed by atoms with van der Waals surface area (Å²) in [6.45, 7) is 10.7. The number of hydrogen-bond acceptors (Lipinski definition) is 2.